The first-order valence-electron chi connectivity index (χ1n) is 9.82. The first-order chi connectivity index (χ1) is 10.1. The Kier molecular flexibility index (Phi) is 4.98. The van der Waals surface area contributed by atoms with Gasteiger partial charge in [-0.25, -0.2) is 0 Å². The van der Waals surface area contributed by atoms with E-state index in [0.717, 1.165) is 35.1 Å². The maximum Gasteiger partial charge on any atom is 0.00724 e. The van der Waals surface area contributed by atoms with Crippen molar-refractivity contribution in [3.63, 3.8) is 0 Å². The Morgan fingerprint density at radius 1 is 0.952 bits per heavy atom. The van der Waals surface area contributed by atoms with Gasteiger partial charge in [0, 0.05) is 6.04 Å². The maximum absolute atomic E-state index is 3.90. The Morgan fingerprint density at radius 2 is 1.52 bits per heavy atom. The van der Waals surface area contributed by atoms with Crippen molar-refractivity contribution in [1.29, 1.82) is 0 Å². The molecule has 0 saturated heterocycles. The van der Waals surface area contributed by atoms with Crippen LogP contribution in [0.5, 0.6) is 0 Å². The van der Waals surface area contributed by atoms with Crippen molar-refractivity contribution < 1.29 is 0 Å². The lowest BCUT2D eigenvalue weighted by atomic mass is 9.48. The minimum absolute atomic E-state index is 0.747. The molecule has 21 heavy (non-hydrogen) atoms. The number of hydrogen-bond donors (Lipinski definition) is 1. The van der Waals surface area contributed by atoms with Crippen molar-refractivity contribution in [3.05, 3.63) is 0 Å². The zero-order chi connectivity index (χ0) is 14.9. The molecule has 0 heterocycles. The largest absolute Gasteiger partial charge is 0.314 e. The molecule has 122 valence electrons. The average Bonchev–Trinajstić information content (AvgIpc) is 2.40. The molecule has 0 aromatic rings. The lowest BCUT2D eigenvalue weighted by Gasteiger charge is -2.57. The SMILES string of the molecule is CCCNC(CCC(C)C)CC12CC3CC(CC(C3)C1)C2. The van der Waals surface area contributed by atoms with Gasteiger partial charge in [0.2, 0.25) is 0 Å². The summed E-state index contributed by atoms with van der Waals surface area (Å²) in [5.74, 6) is 4.17. The lowest BCUT2D eigenvalue weighted by Crippen LogP contribution is -2.49. The molecule has 1 atom stereocenters. The van der Waals surface area contributed by atoms with Gasteiger partial charge in [0.25, 0.3) is 0 Å². The summed E-state index contributed by atoms with van der Waals surface area (Å²) in [7, 11) is 0. The number of hydrogen-bond acceptors (Lipinski definition) is 1. The van der Waals surface area contributed by atoms with Crippen LogP contribution >= 0.6 is 0 Å². The molecule has 0 aliphatic heterocycles. The summed E-state index contributed by atoms with van der Waals surface area (Å²) in [5, 5.41) is 3.90. The van der Waals surface area contributed by atoms with Gasteiger partial charge in [0.05, 0.1) is 0 Å². The van der Waals surface area contributed by atoms with Crippen molar-refractivity contribution in [1.82, 2.24) is 5.32 Å². The standard InChI is InChI=1S/C20H37N/c1-4-7-21-19(6-5-15(2)3)14-20-11-16-8-17(12-20)10-18(9-16)13-20/h15-19,21H,4-14H2,1-3H3. The van der Waals surface area contributed by atoms with Crippen molar-refractivity contribution in [2.45, 2.75) is 91.0 Å². The maximum atomic E-state index is 3.90. The molecule has 4 aliphatic carbocycles. The summed E-state index contributed by atoms with van der Waals surface area (Å²) >= 11 is 0. The van der Waals surface area contributed by atoms with Gasteiger partial charge < -0.3 is 5.32 Å². The molecule has 1 N–H and O–H groups in total. The van der Waals surface area contributed by atoms with Gasteiger partial charge in [-0.2, -0.15) is 0 Å². The second-order valence-corrected chi connectivity index (χ2v) is 9.24. The van der Waals surface area contributed by atoms with E-state index in [1.807, 2.05) is 0 Å². The van der Waals surface area contributed by atoms with Crippen LogP contribution in [-0.2, 0) is 0 Å². The highest BCUT2D eigenvalue weighted by atomic mass is 14.9. The van der Waals surface area contributed by atoms with E-state index in [0.29, 0.717) is 0 Å². The van der Waals surface area contributed by atoms with Crippen LogP contribution in [0.4, 0.5) is 0 Å². The lowest BCUT2D eigenvalue weighted by molar-refractivity contribution is -0.0625. The van der Waals surface area contributed by atoms with Crippen LogP contribution < -0.4 is 5.32 Å². The number of rotatable bonds is 8. The molecule has 4 rings (SSSR count). The zero-order valence-electron chi connectivity index (χ0n) is 14.7. The summed E-state index contributed by atoms with van der Waals surface area (Å²) in [5.41, 5.74) is 0.747. The normalized spacial score (nSPS) is 39.1. The van der Waals surface area contributed by atoms with Crippen LogP contribution in [0, 0.1) is 29.1 Å². The monoisotopic (exact) mass is 291 g/mol. The van der Waals surface area contributed by atoms with Crippen molar-refractivity contribution >= 4 is 0 Å². The molecular weight excluding hydrogens is 254 g/mol. The smallest absolute Gasteiger partial charge is 0.00724 e. The average molecular weight is 292 g/mol. The fourth-order valence-corrected chi connectivity index (χ4v) is 6.22. The molecule has 1 unspecified atom stereocenters. The van der Waals surface area contributed by atoms with E-state index >= 15 is 0 Å². The topological polar surface area (TPSA) is 12.0 Å². The molecule has 1 nitrogen and oxygen atoms in total. The van der Waals surface area contributed by atoms with Gasteiger partial charge in [-0.05, 0) is 99.8 Å². The predicted octanol–water partition coefficient (Wildman–Crippen LogP) is 5.40. The molecule has 4 aliphatic rings. The van der Waals surface area contributed by atoms with Crippen LogP contribution in [0.15, 0.2) is 0 Å². The van der Waals surface area contributed by atoms with Gasteiger partial charge in [0.15, 0.2) is 0 Å². The first-order valence-corrected chi connectivity index (χ1v) is 9.82. The summed E-state index contributed by atoms with van der Waals surface area (Å²) in [6.45, 7) is 8.27. The Balaban J connectivity index is 1.61. The number of nitrogens with one attached hydrogen (secondary N) is 1. The molecule has 0 aromatic heterocycles. The van der Waals surface area contributed by atoms with E-state index in [2.05, 4.69) is 26.1 Å². The Bertz CT molecular complexity index is 297. The first kappa shape index (κ1) is 15.8. The second kappa shape index (κ2) is 6.60. The van der Waals surface area contributed by atoms with E-state index in [4.69, 9.17) is 0 Å². The van der Waals surface area contributed by atoms with Crippen LogP contribution in [0.25, 0.3) is 0 Å². The van der Waals surface area contributed by atoms with E-state index in [9.17, 15) is 0 Å². The van der Waals surface area contributed by atoms with Crippen LogP contribution in [0.1, 0.15) is 85.0 Å². The highest BCUT2D eigenvalue weighted by molar-refractivity contribution is 5.02. The third-order valence-corrected chi connectivity index (χ3v) is 6.62. The molecule has 4 bridgehead atoms. The van der Waals surface area contributed by atoms with E-state index in [-0.39, 0.29) is 0 Å². The van der Waals surface area contributed by atoms with Gasteiger partial charge >= 0.3 is 0 Å². The van der Waals surface area contributed by atoms with Crippen LogP contribution in [0.3, 0.4) is 0 Å². The van der Waals surface area contributed by atoms with Crippen molar-refractivity contribution in [2.24, 2.45) is 29.1 Å². The molecule has 1 heteroatoms. The van der Waals surface area contributed by atoms with Gasteiger partial charge in [0.1, 0.15) is 0 Å². The van der Waals surface area contributed by atoms with Crippen LogP contribution in [0.2, 0.25) is 0 Å². The van der Waals surface area contributed by atoms with Crippen molar-refractivity contribution in [3.8, 4) is 0 Å². The minimum Gasteiger partial charge on any atom is -0.314 e. The van der Waals surface area contributed by atoms with E-state index in [1.54, 1.807) is 38.5 Å². The van der Waals surface area contributed by atoms with Crippen molar-refractivity contribution in [2.75, 3.05) is 6.54 Å². The highest BCUT2D eigenvalue weighted by Crippen LogP contribution is 2.61. The minimum atomic E-state index is 0.747. The third kappa shape index (κ3) is 3.84. The van der Waals surface area contributed by atoms with E-state index < -0.39 is 0 Å². The molecule has 4 saturated carbocycles. The van der Waals surface area contributed by atoms with E-state index in [1.165, 1.54) is 32.2 Å². The highest BCUT2D eigenvalue weighted by Gasteiger charge is 2.51. The zero-order valence-corrected chi connectivity index (χ0v) is 14.7. The summed E-state index contributed by atoms with van der Waals surface area (Å²) in [6.07, 6.45) is 15.0. The molecule has 0 aromatic carbocycles. The Hall–Kier alpha value is -0.0400. The fourth-order valence-electron chi connectivity index (χ4n) is 6.22. The summed E-state index contributed by atoms with van der Waals surface area (Å²) < 4.78 is 0. The second-order valence-electron chi connectivity index (χ2n) is 9.24. The molecular formula is C20H37N. The van der Waals surface area contributed by atoms with Gasteiger partial charge in [-0.1, -0.05) is 20.8 Å². The summed E-state index contributed by atoms with van der Waals surface area (Å²) in [4.78, 5) is 0. The molecule has 0 amide bonds. The molecule has 0 spiro atoms. The molecule has 4 fully saturated rings. The summed E-state index contributed by atoms with van der Waals surface area (Å²) in [6, 6.07) is 0.795. The third-order valence-electron chi connectivity index (χ3n) is 6.62. The molecule has 0 radical (unpaired) electrons. The predicted molar refractivity (Wildman–Crippen MR) is 91.4 cm³/mol. The van der Waals surface area contributed by atoms with Gasteiger partial charge in [-0.15, -0.1) is 0 Å². The Labute approximate surface area is 132 Å². The van der Waals surface area contributed by atoms with Gasteiger partial charge in [-0.3, -0.25) is 0 Å². The van der Waals surface area contributed by atoms with Crippen LogP contribution in [-0.4, -0.2) is 12.6 Å². The quantitative estimate of drug-likeness (QED) is 0.631. The Morgan fingerprint density at radius 3 is 2.00 bits per heavy atom. The fraction of sp³-hybridized carbons (Fsp3) is 1.00.